The lowest BCUT2D eigenvalue weighted by molar-refractivity contribution is 0.616. The highest BCUT2D eigenvalue weighted by atomic mass is 79.9. The molecule has 0 aliphatic carbocycles. The van der Waals surface area contributed by atoms with Crippen LogP contribution in [0.15, 0.2) is 46.9 Å². The Morgan fingerprint density at radius 3 is 2.80 bits per heavy atom. The number of hydrogen-bond donors (Lipinski definition) is 1. The topological polar surface area (TPSA) is 29.3 Å². The molecule has 0 spiro atoms. The fourth-order valence-corrected chi connectivity index (χ4v) is 3.50. The number of nitrogens with two attached hydrogens (primary N) is 1. The number of para-hydroxylation sites is 1. The van der Waals surface area contributed by atoms with Gasteiger partial charge < -0.3 is 10.6 Å². The average molecular weight is 335 g/mol. The molecule has 0 amide bonds. The Morgan fingerprint density at radius 1 is 1.25 bits per heavy atom. The molecule has 0 aromatic heterocycles. The van der Waals surface area contributed by atoms with E-state index in [1.54, 1.807) is 0 Å². The molecular weight excluding hydrogens is 319 g/mol. The Morgan fingerprint density at radius 2 is 2.05 bits per heavy atom. The lowest BCUT2D eigenvalue weighted by Gasteiger charge is -2.30. The van der Waals surface area contributed by atoms with Gasteiger partial charge in [-0.2, -0.15) is 0 Å². The first kappa shape index (κ1) is 13.6. The number of fused-ring (bicyclic) bond motifs is 1. The molecule has 3 rings (SSSR count). The summed E-state index contributed by atoms with van der Waals surface area (Å²) in [7, 11) is 0. The third-order valence-corrected chi connectivity index (χ3v) is 4.53. The molecule has 2 nitrogen and oxygen atoms in total. The molecule has 0 radical (unpaired) electrons. The molecule has 1 unspecified atom stereocenters. The van der Waals surface area contributed by atoms with Crippen LogP contribution in [-0.4, -0.2) is 13.1 Å². The van der Waals surface area contributed by atoms with Gasteiger partial charge in [0, 0.05) is 23.2 Å². The van der Waals surface area contributed by atoms with Crippen LogP contribution in [0.3, 0.4) is 0 Å². The molecule has 4 heteroatoms. The Bertz CT molecular complexity index is 630. The van der Waals surface area contributed by atoms with Crippen molar-refractivity contribution >= 4 is 21.6 Å². The molecule has 1 aliphatic heterocycles. The molecule has 2 N–H and O–H groups in total. The lowest BCUT2D eigenvalue weighted by atomic mass is 10.0. The van der Waals surface area contributed by atoms with E-state index in [0.29, 0.717) is 6.54 Å². The number of anilines is 1. The Hall–Kier alpha value is -1.39. The van der Waals surface area contributed by atoms with Gasteiger partial charge in [-0.25, -0.2) is 4.39 Å². The maximum atomic E-state index is 13.3. The SMILES string of the molecule is NCC(c1ccc(F)cc1Br)N1CCc2ccccc21. The van der Waals surface area contributed by atoms with Crippen LogP contribution >= 0.6 is 15.9 Å². The fraction of sp³-hybridized carbons (Fsp3) is 0.250. The summed E-state index contributed by atoms with van der Waals surface area (Å²) in [6, 6.07) is 13.3. The van der Waals surface area contributed by atoms with Crippen LogP contribution in [-0.2, 0) is 6.42 Å². The second kappa shape index (κ2) is 5.54. The van der Waals surface area contributed by atoms with Crippen molar-refractivity contribution < 1.29 is 4.39 Å². The summed E-state index contributed by atoms with van der Waals surface area (Å²) in [6.07, 6.45) is 1.03. The van der Waals surface area contributed by atoms with Crippen molar-refractivity contribution in [1.29, 1.82) is 0 Å². The lowest BCUT2D eigenvalue weighted by Crippen LogP contribution is -2.32. The highest BCUT2D eigenvalue weighted by Gasteiger charge is 2.27. The second-order valence-corrected chi connectivity index (χ2v) is 5.84. The first-order chi connectivity index (χ1) is 9.70. The predicted molar refractivity (Wildman–Crippen MR) is 83.4 cm³/mol. The molecule has 20 heavy (non-hydrogen) atoms. The Labute approximate surface area is 126 Å². The maximum absolute atomic E-state index is 13.3. The Kier molecular flexibility index (Phi) is 3.76. The van der Waals surface area contributed by atoms with Crippen LogP contribution in [0.25, 0.3) is 0 Å². The van der Waals surface area contributed by atoms with E-state index in [0.717, 1.165) is 23.0 Å². The minimum Gasteiger partial charge on any atom is -0.363 e. The van der Waals surface area contributed by atoms with E-state index in [1.165, 1.54) is 23.4 Å². The normalized spacial score (nSPS) is 15.2. The highest BCUT2D eigenvalue weighted by Crippen LogP contribution is 2.36. The molecule has 2 aromatic carbocycles. The van der Waals surface area contributed by atoms with Crippen molar-refractivity contribution in [1.82, 2.24) is 0 Å². The average Bonchev–Trinajstić information content (AvgIpc) is 2.86. The standard InChI is InChI=1S/C16H16BrFN2/c17-14-9-12(18)5-6-13(14)16(10-19)20-8-7-11-3-1-2-4-15(11)20/h1-6,9,16H,7-8,10,19H2. The van der Waals surface area contributed by atoms with Gasteiger partial charge in [0.15, 0.2) is 0 Å². The van der Waals surface area contributed by atoms with Crippen molar-refractivity contribution in [3.8, 4) is 0 Å². The van der Waals surface area contributed by atoms with Gasteiger partial charge in [0.05, 0.1) is 6.04 Å². The summed E-state index contributed by atoms with van der Waals surface area (Å²) < 4.78 is 14.0. The van der Waals surface area contributed by atoms with Gasteiger partial charge >= 0.3 is 0 Å². The van der Waals surface area contributed by atoms with Crippen LogP contribution in [0.4, 0.5) is 10.1 Å². The molecule has 1 aliphatic rings. The van der Waals surface area contributed by atoms with Gasteiger partial charge in [0.25, 0.3) is 0 Å². The molecule has 0 bridgehead atoms. The first-order valence-electron chi connectivity index (χ1n) is 6.70. The van der Waals surface area contributed by atoms with E-state index >= 15 is 0 Å². The molecule has 0 saturated carbocycles. The second-order valence-electron chi connectivity index (χ2n) is 4.99. The smallest absolute Gasteiger partial charge is 0.124 e. The Balaban J connectivity index is 1.99. The summed E-state index contributed by atoms with van der Waals surface area (Å²) >= 11 is 3.45. The predicted octanol–water partition coefficient (Wildman–Crippen LogP) is 3.65. The minimum absolute atomic E-state index is 0.0635. The molecule has 1 atom stereocenters. The maximum Gasteiger partial charge on any atom is 0.124 e. The summed E-state index contributed by atoms with van der Waals surface area (Å²) in [5, 5.41) is 0. The van der Waals surface area contributed by atoms with Gasteiger partial charge in [-0.1, -0.05) is 40.2 Å². The minimum atomic E-state index is -0.238. The number of rotatable bonds is 3. The van der Waals surface area contributed by atoms with Gasteiger partial charge in [-0.3, -0.25) is 0 Å². The van der Waals surface area contributed by atoms with Crippen LogP contribution in [0.1, 0.15) is 17.2 Å². The molecule has 104 valence electrons. The van der Waals surface area contributed by atoms with Gasteiger partial charge in [-0.05, 0) is 35.7 Å². The van der Waals surface area contributed by atoms with E-state index in [1.807, 2.05) is 12.1 Å². The fourth-order valence-electron chi connectivity index (χ4n) is 2.88. The summed E-state index contributed by atoms with van der Waals surface area (Å²) in [6.45, 7) is 1.45. The molecule has 0 saturated heterocycles. The largest absolute Gasteiger partial charge is 0.363 e. The van der Waals surface area contributed by atoms with Crippen molar-refractivity contribution in [3.63, 3.8) is 0 Å². The van der Waals surface area contributed by atoms with Crippen LogP contribution in [0.2, 0.25) is 0 Å². The summed E-state index contributed by atoms with van der Waals surface area (Å²) in [4.78, 5) is 2.31. The van der Waals surface area contributed by atoms with Crippen molar-refractivity contribution in [3.05, 3.63) is 63.9 Å². The number of nitrogens with zero attached hydrogens (tertiary/aromatic N) is 1. The van der Waals surface area contributed by atoms with E-state index in [-0.39, 0.29) is 11.9 Å². The van der Waals surface area contributed by atoms with E-state index < -0.39 is 0 Å². The van der Waals surface area contributed by atoms with Gasteiger partial charge in [0.2, 0.25) is 0 Å². The van der Waals surface area contributed by atoms with Crippen molar-refractivity contribution in [2.24, 2.45) is 5.73 Å². The zero-order chi connectivity index (χ0) is 14.1. The molecular formula is C16H16BrFN2. The van der Waals surface area contributed by atoms with Gasteiger partial charge in [0.1, 0.15) is 5.82 Å². The van der Waals surface area contributed by atoms with Crippen molar-refractivity contribution in [2.45, 2.75) is 12.5 Å². The van der Waals surface area contributed by atoms with E-state index in [2.05, 4.69) is 39.0 Å². The van der Waals surface area contributed by atoms with Crippen LogP contribution in [0, 0.1) is 5.82 Å². The third kappa shape index (κ3) is 2.34. The molecule has 0 fully saturated rings. The van der Waals surface area contributed by atoms with Gasteiger partial charge in [-0.15, -0.1) is 0 Å². The van der Waals surface area contributed by atoms with Crippen LogP contribution < -0.4 is 10.6 Å². The molecule has 1 heterocycles. The zero-order valence-electron chi connectivity index (χ0n) is 11.0. The molecule has 2 aromatic rings. The monoisotopic (exact) mass is 334 g/mol. The third-order valence-electron chi connectivity index (χ3n) is 3.84. The quantitative estimate of drug-likeness (QED) is 0.928. The number of benzene rings is 2. The van der Waals surface area contributed by atoms with Crippen molar-refractivity contribution in [2.75, 3.05) is 18.0 Å². The van der Waals surface area contributed by atoms with E-state index in [9.17, 15) is 4.39 Å². The number of halogens is 2. The number of hydrogen-bond acceptors (Lipinski definition) is 2. The highest BCUT2D eigenvalue weighted by molar-refractivity contribution is 9.10. The first-order valence-corrected chi connectivity index (χ1v) is 7.49. The summed E-state index contributed by atoms with van der Waals surface area (Å²) in [5.74, 6) is -0.238. The van der Waals surface area contributed by atoms with Crippen LogP contribution in [0.5, 0.6) is 0 Å². The van der Waals surface area contributed by atoms with E-state index in [4.69, 9.17) is 5.73 Å². The zero-order valence-corrected chi connectivity index (χ0v) is 12.6. The summed E-state index contributed by atoms with van der Waals surface area (Å²) in [5.41, 5.74) is 9.61.